The van der Waals surface area contributed by atoms with Crippen LogP contribution in [0.5, 0.6) is 0 Å². The molecule has 0 aliphatic heterocycles. The van der Waals surface area contributed by atoms with Crippen molar-refractivity contribution in [3.63, 3.8) is 0 Å². The minimum atomic E-state index is 0.0867. The molecule has 0 bridgehead atoms. The summed E-state index contributed by atoms with van der Waals surface area (Å²) in [7, 11) is 1.94. The maximum atomic E-state index is 12.3. The molecule has 1 aliphatic rings. The van der Waals surface area contributed by atoms with E-state index >= 15 is 0 Å². The van der Waals surface area contributed by atoms with Crippen molar-refractivity contribution in [2.75, 3.05) is 5.75 Å². The van der Waals surface area contributed by atoms with Crippen LogP contribution in [0.4, 0.5) is 0 Å². The van der Waals surface area contributed by atoms with E-state index in [-0.39, 0.29) is 5.91 Å². The Bertz CT molecular complexity index is 726. The van der Waals surface area contributed by atoms with Gasteiger partial charge < -0.3 is 9.88 Å². The zero-order valence-corrected chi connectivity index (χ0v) is 16.0. The summed E-state index contributed by atoms with van der Waals surface area (Å²) in [6.45, 7) is 4.29. The van der Waals surface area contributed by atoms with Gasteiger partial charge in [0.05, 0.1) is 5.75 Å². The van der Waals surface area contributed by atoms with Crippen molar-refractivity contribution in [3.05, 3.63) is 29.8 Å². The number of aryl methyl sites for hydroxylation is 1. The summed E-state index contributed by atoms with van der Waals surface area (Å²) in [6, 6.07) is 8.55. The van der Waals surface area contributed by atoms with E-state index in [1.807, 2.05) is 23.7 Å². The number of carbonyl (C=O) groups is 1. The lowest BCUT2D eigenvalue weighted by atomic mass is 9.86. The first kappa shape index (κ1) is 18.0. The van der Waals surface area contributed by atoms with Crippen LogP contribution in [0.25, 0.3) is 11.4 Å². The number of thioether (sulfide) groups is 1. The Labute approximate surface area is 153 Å². The van der Waals surface area contributed by atoms with Crippen LogP contribution in [0.3, 0.4) is 0 Å². The fraction of sp³-hybridized carbons (Fsp3) is 0.526. The molecule has 1 aromatic heterocycles. The Kier molecular flexibility index (Phi) is 5.78. The Balaban J connectivity index is 1.58. The largest absolute Gasteiger partial charge is 0.352 e. The number of aromatic nitrogens is 3. The first-order valence-corrected chi connectivity index (χ1v) is 9.91. The fourth-order valence-electron chi connectivity index (χ4n) is 3.30. The van der Waals surface area contributed by atoms with E-state index in [1.54, 1.807) is 0 Å². The minimum absolute atomic E-state index is 0.0867. The molecule has 1 amide bonds. The molecule has 25 heavy (non-hydrogen) atoms. The molecule has 2 aromatic rings. The van der Waals surface area contributed by atoms with E-state index in [0.717, 1.165) is 23.0 Å². The zero-order chi connectivity index (χ0) is 17.8. The van der Waals surface area contributed by atoms with Gasteiger partial charge in [0, 0.05) is 18.7 Å². The van der Waals surface area contributed by atoms with Crippen LogP contribution in [-0.2, 0) is 11.8 Å². The van der Waals surface area contributed by atoms with Crippen LogP contribution in [0.15, 0.2) is 29.4 Å². The first-order valence-electron chi connectivity index (χ1n) is 8.93. The second-order valence-electron chi connectivity index (χ2n) is 6.96. The van der Waals surface area contributed by atoms with Crippen LogP contribution < -0.4 is 5.32 Å². The van der Waals surface area contributed by atoms with Crippen LogP contribution in [0, 0.1) is 12.8 Å². The number of nitrogens with zero attached hydrogens (tertiary/aromatic N) is 3. The van der Waals surface area contributed by atoms with E-state index in [0.29, 0.717) is 17.7 Å². The lowest BCUT2D eigenvalue weighted by Gasteiger charge is -2.29. The summed E-state index contributed by atoms with van der Waals surface area (Å²) in [5, 5.41) is 12.5. The molecule has 1 aliphatic carbocycles. The molecule has 0 spiro atoms. The number of benzene rings is 1. The highest BCUT2D eigenvalue weighted by Gasteiger charge is 2.23. The van der Waals surface area contributed by atoms with Gasteiger partial charge in [-0.1, -0.05) is 61.4 Å². The summed E-state index contributed by atoms with van der Waals surface area (Å²) in [4.78, 5) is 12.3. The molecule has 1 fully saturated rings. The maximum absolute atomic E-state index is 12.3. The number of hydrogen-bond donors (Lipinski definition) is 1. The standard InChI is InChI=1S/C19H26N4OS/c1-13-8-10-15(11-9-13)18-21-22-19(23(18)3)25-12-17(24)20-16-7-5-4-6-14(16)2/h8-11,14,16H,4-7,12H2,1-3H3,(H,20,24)/t14-,16+/m1/s1. The van der Waals surface area contributed by atoms with E-state index in [2.05, 4.69) is 41.5 Å². The quantitative estimate of drug-likeness (QED) is 0.830. The summed E-state index contributed by atoms with van der Waals surface area (Å²) in [6.07, 6.45) is 4.80. The Morgan fingerprint density at radius 1 is 1.24 bits per heavy atom. The van der Waals surface area contributed by atoms with Gasteiger partial charge in [-0.05, 0) is 25.7 Å². The smallest absolute Gasteiger partial charge is 0.230 e. The molecular formula is C19H26N4OS. The van der Waals surface area contributed by atoms with Crippen molar-refractivity contribution >= 4 is 17.7 Å². The van der Waals surface area contributed by atoms with E-state index in [4.69, 9.17) is 0 Å². The predicted molar refractivity (Wildman–Crippen MR) is 101 cm³/mol. The van der Waals surface area contributed by atoms with E-state index in [9.17, 15) is 4.79 Å². The summed E-state index contributed by atoms with van der Waals surface area (Å²) < 4.78 is 1.95. The molecule has 5 nitrogen and oxygen atoms in total. The topological polar surface area (TPSA) is 59.8 Å². The minimum Gasteiger partial charge on any atom is -0.352 e. The third-order valence-electron chi connectivity index (χ3n) is 4.93. The average Bonchev–Trinajstić information content (AvgIpc) is 2.97. The zero-order valence-electron chi connectivity index (χ0n) is 15.2. The first-order chi connectivity index (χ1) is 12.0. The molecule has 0 radical (unpaired) electrons. The Hall–Kier alpha value is -1.82. The number of hydrogen-bond acceptors (Lipinski definition) is 4. The van der Waals surface area contributed by atoms with Crippen molar-refractivity contribution in [1.29, 1.82) is 0 Å². The lowest BCUT2D eigenvalue weighted by Crippen LogP contribution is -2.41. The Morgan fingerprint density at radius 2 is 1.96 bits per heavy atom. The molecule has 0 unspecified atom stereocenters. The predicted octanol–water partition coefficient (Wildman–Crippen LogP) is 3.58. The highest BCUT2D eigenvalue weighted by molar-refractivity contribution is 7.99. The molecule has 2 atom stereocenters. The second kappa shape index (κ2) is 8.04. The van der Waals surface area contributed by atoms with Gasteiger partial charge in [-0.3, -0.25) is 4.79 Å². The van der Waals surface area contributed by atoms with Gasteiger partial charge in [0.15, 0.2) is 11.0 Å². The number of carbonyl (C=O) groups excluding carboxylic acids is 1. The fourth-order valence-corrected chi connectivity index (χ4v) is 4.03. The van der Waals surface area contributed by atoms with Gasteiger partial charge in [-0.2, -0.15) is 0 Å². The van der Waals surface area contributed by atoms with Gasteiger partial charge in [0.2, 0.25) is 5.91 Å². The van der Waals surface area contributed by atoms with Gasteiger partial charge >= 0.3 is 0 Å². The third kappa shape index (κ3) is 4.42. The SMILES string of the molecule is Cc1ccc(-c2nnc(SCC(=O)N[C@H]3CCCC[C@H]3C)n2C)cc1. The van der Waals surface area contributed by atoms with Gasteiger partial charge in [0.1, 0.15) is 0 Å². The van der Waals surface area contributed by atoms with Crippen molar-refractivity contribution in [3.8, 4) is 11.4 Å². The highest BCUT2D eigenvalue weighted by Crippen LogP contribution is 2.25. The second-order valence-corrected chi connectivity index (χ2v) is 7.90. The highest BCUT2D eigenvalue weighted by atomic mass is 32.2. The monoisotopic (exact) mass is 358 g/mol. The molecule has 1 saturated carbocycles. The van der Waals surface area contributed by atoms with Gasteiger partial charge in [-0.15, -0.1) is 10.2 Å². The van der Waals surface area contributed by atoms with Crippen molar-refractivity contribution in [1.82, 2.24) is 20.1 Å². The molecule has 3 rings (SSSR count). The van der Waals surface area contributed by atoms with Crippen molar-refractivity contribution in [2.45, 2.75) is 50.7 Å². The summed E-state index contributed by atoms with van der Waals surface area (Å²) in [5.74, 6) is 1.86. The van der Waals surface area contributed by atoms with E-state index < -0.39 is 0 Å². The molecule has 6 heteroatoms. The molecule has 1 N–H and O–H groups in total. The van der Waals surface area contributed by atoms with Crippen molar-refractivity contribution < 1.29 is 4.79 Å². The van der Waals surface area contributed by atoms with Crippen LogP contribution in [-0.4, -0.2) is 32.5 Å². The van der Waals surface area contributed by atoms with Gasteiger partial charge in [0.25, 0.3) is 0 Å². The number of nitrogens with one attached hydrogen (secondary N) is 1. The molecule has 1 aromatic carbocycles. The molecule has 1 heterocycles. The molecular weight excluding hydrogens is 332 g/mol. The lowest BCUT2D eigenvalue weighted by molar-refractivity contribution is -0.119. The van der Waals surface area contributed by atoms with E-state index in [1.165, 1.54) is 36.6 Å². The third-order valence-corrected chi connectivity index (χ3v) is 5.96. The number of rotatable bonds is 5. The molecule has 0 saturated heterocycles. The van der Waals surface area contributed by atoms with Crippen LogP contribution >= 0.6 is 11.8 Å². The van der Waals surface area contributed by atoms with Crippen LogP contribution in [0.2, 0.25) is 0 Å². The summed E-state index contributed by atoms with van der Waals surface area (Å²) >= 11 is 1.44. The van der Waals surface area contributed by atoms with Crippen LogP contribution in [0.1, 0.15) is 38.2 Å². The Morgan fingerprint density at radius 3 is 2.68 bits per heavy atom. The van der Waals surface area contributed by atoms with Crippen molar-refractivity contribution in [2.24, 2.45) is 13.0 Å². The molecule has 134 valence electrons. The normalized spacial score (nSPS) is 20.4. The summed E-state index contributed by atoms with van der Waals surface area (Å²) in [5.41, 5.74) is 2.25. The van der Waals surface area contributed by atoms with Gasteiger partial charge in [-0.25, -0.2) is 0 Å². The number of amides is 1. The maximum Gasteiger partial charge on any atom is 0.230 e. The average molecular weight is 359 g/mol.